The normalized spacial score (nSPS) is 17.2. The first-order valence-electron chi connectivity index (χ1n) is 8.29. The first-order valence-corrected chi connectivity index (χ1v) is 8.29. The number of hydrogen-bond acceptors (Lipinski definition) is 3. The minimum atomic E-state index is -0.445. The molecule has 0 aliphatic carbocycles. The van der Waals surface area contributed by atoms with Crippen LogP contribution in [0, 0.1) is 0 Å². The van der Waals surface area contributed by atoms with Gasteiger partial charge < -0.3 is 15.1 Å². The second-order valence-corrected chi connectivity index (χ2v) is 6.31. The van der Waals surface area contributed by atoms with Gasteiger partial charge in [0, 0.05) is 17.5 Å². The molecule has 0 radical (unpaired) electrons. The first-order chi connectivity index (χ1) is 12.1. The van der Waals surface area contributed by atoms with E-state index in [-0.39, 0.29) is 24.3 Å². The molecule has 126 valence electrons. The second-order valence-electron chi connectivity index (χ2n) is 6.31. The van der Waals surface area contributed by atoms with Gasteiger partial charge in [0.15, 0.2) is 0 Å². The smallest absolute Gasteiger partial charge is 0.232 e. The molecule has 2 amide bonds. The van der Waals surface area contributed by atoms with Crippen LogP contribution in [0.5, 0.6) is 0 Å². The highest BCUT2D eigenvalue weighted by atomic mass is 16.3. The summed E-state index contributed by atoms with van der Waals surface area (Å²) in [6.07, 6.45) is 0.118. The highest BCUT2D eigenvalue weighted by molar-refractivity contribution is 6.04. The van der Waals surface area contributed by atoms with E-state index in [9.17, 15) is 9.59 Å². The van der Waals surface area contributed by atoms with E-state index in [1.165, 1.54) is 0 Å². The van der Waals surface area contributed by atoms with Crippen molar-refractivity contribution in [2.75, 3.05) is 5.32 Å². The summed E-state index contributed by atoms with van der Waals surface area (Å²) in [6, 6.07) is 16.9. The Kier molecular flexibility index (Phi) is 3.76. The zero-order valence-corrected chi connectivity index (χ0v) is 13.8. The van der Waals surface area contributed by atoms with E-state index in [1.807, 2.05) is 61.5 Å². The number of carbonyl (C=O) groups excluding carboxylic acids is 2. The molecular weight excluding hydrogens is 316 g/mol. The number of anilines is 1. The Bertz CT molecular complexity index is 927. The molecule has 1 aromatic heterocycles. The number of rotatable bonds is 4. The van der Waals surface area contributed by atoms with E-state index in [1.54, 1.807) is 0 Å². The van der Waals surface area contributed by atoms with Crippen LogP contribution in [0.25, 0.3) is 11.0 Å². The summed E-state index contributed by atoms with van der Waals surface area (Å²) in [7, 11) is 0. The summed E-state index contributed by atoms with van der Waals surface area (Å²) >= 11 is 0. The molecule has 2 unspecified atom stereocenters. The Labute approximate surface area is 145 Å². The molecule has 0 spiro atoms. The summed E-state index contributed by atoms with van der Waals surface area (Å²) < 4.78 is 5.78. The van der Waals surface area contributed by atoms with Crippen molar-refractivity contribution in [3.63, 3.8) is 0 Å². The lowest BCUT2D eigenvalue weighted by Gasteiger charge is -2.13. The van der Waals surface area contributed by atoms with Crippen LogP contribution < -0.4 is 10.6 Å². The van der Waals surface area contributed by atoms with Crippen LogP contribution in [0.4, 0.5) is 5.69 Å². The molecule has 5 nitrogen and oxygen atoms in total. The van der Waals surface area contributed by atoms with Crippen LogP contribution in [0.15, 0.2) is 59.0 Å². The van der Waals surface area contributed by atoms with Gasteiger partial charge in [-0.15, -0.1) is 0 Å². The maximum absolute atomic E-state index is 12.4. The van der Waals surface area contributed by atoms with Crippen LogP contribution in [-0.2, 0) is 9.59 Å². The van der Waals surface area contributed by atoms with Gasteiger partial charge in [-0.2, -0.15) is 0 Å². The summed E-state index contributed by atoms with van der Waals surface area (Å²) in [6.45, 7) is 1.87. The molecule has 4 rings (SSSR count). The van der Waals surface area contributed by atoms with Crippen LogP contribution in [0.3, 0.4) is 0 Å². The molecule has 2 heterocycles. The molecule has 0 bridgehead atoms. The van der Waals surface area contributed by atoms with Gasteiger partial charge in [0.1, 0.15) is 11.3 Å². The second kappa shape index (κ2) is 6.09. The zero-order chi connectivity index (χ0) is 17.4. The van der Waals surface area contributed by atoms with Crippen molar-refractivity contribution in [1.29, 1.82) is 0 Å². The van der Waals surface area contributed by atoms with Gasteiger partial charge in [-0.3, -0.25) is 9.59 Å². The van der Waals surface area contributed by atoms with Gasteiger partial charge in [-0.05, 0) is 30.7 Å². The Morgan fingerprint density at radius 3 is 2.80 bits per heavy atom. The molecular formula is C20H18N2O3. The van der Waals surface area contributed by atoms with E-state index in [0.717, 1.165) is 22.2 Å². The summed E-state index contributed by atoms with van der Waals surface area (Å²) in [5.41, 5.74) is 2.46. The Morgan fingerprint density at radius 1 is 1.20 bits per heavy atom. The molecule has 0 fully saturated rings. The van der Waals surface area contributed by atoms with Crippen LogP contribution in [0.1, 0.15) is 36.6 Å². The average molecular weight is 334 g/mol. The summed E-state index contributed by atoms with van der Waals surface area (Å²) in [5.74, 6) is -0.0533. The van der Waals surface area contributed by atoms with Gasteiger partial charge in [0.05, 0.1) is 12.0 Å². The molecule has 5 heteroatoms. The Hall–Kier alpha value is -3.08. The number of amides is 2. The fourth-order valence-electron chi connectivity index (χ4n) is 3.25. The van der Waals surface area contributed by atoms with Crippen molar-refractivity contribution in [2.45, 2.75) is 25.3 Å². The summed E-state index contributed by atoms with van der Waals surface area (Å²) in [5, 5.41) is 6.74. The SMILES string of the molecule is CC(NC(=O)CC1C(=O)Nc2ccccc21)c1cc2ccccc2o1. The molecule has 3 aromatic rings. The molecule has 25 heavy (non-hydrogen) atoms. The predicted molar refractivity (Wildman–Crippen MR) is 95.2 cm³/mol. The van der Waals surface area contributed by atoms with Gasteiger partial charge in [-0.1, -0.05) is 36.4 Å². The Morgan fingerprint density at radius 2 is 1.96 bits per heavy atom. The van der Waals surface area contributed by atoms with Crippen molar-refractivity contribution in [2.24, 2.45) is 0 Å². The highest BCUT2D eigenvalue weighted by Crippen LogP contribution is 2.34. The Balaban J connectivity index is 1.46. The third kappa shape index (κ3) is 2.89. The third-order valence-corrected chi connectivity index (χ3v) is 4.55. The van der Waals surface area contributed by atoms with E-state index in [0.29, 0.717) is 5.76 Å². The number of carbonyl (C=O) groups is 2. The van der Waals surface area contributed by atoms with E-state index < -0.39 is 5.92 Å². The fourth-order valence-corrected chi connectivity index (χ4v) is 3.25. The van der Waals surface area contributed by atoms with Crippen molar-refractivity contribution < 1.29 is 14.0 Å². The number of fused-ring (bicyclic) bond motifs is 2. The lowest BCUT2D eigenvalue weighted by molar-refractivity contribution is -0.125. The number of para-hydroxylation sites is 2. The lowest BCUT2D eigenvalue weighted by atomic mass is 9.97. The lowest BCUT2D eigenvalue weighted by Crippen LogP contribution is -2.29. The van der Waals surface area contributed by atoms with Gasteiger partial charge in [0.25, 0.3) is 0 Å². The quantitative estimate of drug-likeness (QED) is 0.763. The highest BCUT2D eigenvalue weighted by Gasteiger charge is 2.32. The molecule has 0 saturated carbocycles. The molecule has 2 N–H and O–H groups in total. The first kappa shape index (κ1) is 15.4. The van der Waals surface area contributed by atoms with Gasteiger partial charge in [0.2, 0.25) is 11.8 Å². The fraction of sp³-hybridized carbons (Fsp3) is 0.200. The standard InChI is InChI=1S/C20H18N2O3/c1-12(18-10-13-6-2-5-9-17(13)25-18)21-19(23)11-15-14-7-3-4-8-16(14)22-20(15)24/h2-10,12,15H,11H2,1H3,(H,21,23)(H,22,24). The predicted octanol–water partition coefficient (Wildman–Crippen LogP) is 3.74. The van der Waals surface area contributed by atoms with Gasteiger partial charge >= 0.3 is 0 Å². The minimum Gasteiger partial charge on any atom is -0.459 e. The molecule has 1 aliphatic heterocycles. The van der Waals surface area contributed by atoms with Crippen LogP contribution in [0.2, 0.25) is 0 Å². The zero-order valence-electron chi connectivity index (χ0n) is 13.8. The van der Waals surface area contributed by atoms with E-state index in [4.69, 9.17) is 4.42 Å². The van der Waals surface area contributed by atoms with E-state index in [2.05, 4.69) is 10.6 Å². The topological polar surface area (TPSA) is 71.3 Å². The monoisotopic (exact) mass is 334 g/mol. The van der Waals surface area contributed by atoms with Crippen molar-refractivity contribution in [3.05, 3.63) is 65.9 Å². The third-order valence-electron chi connectivity index (χ3n) is 4.55. The summed E-state index contributed by atoms with van der Waals surface area (Å²) in [4.78, 5) is 24.6. The largest absolute Gasteiger partial charge is 0.459 e. The number of furan rings is 1. The maximum atomic E-state index is 12.4. The van der Waals surface area contributed by atoms with E-state index >= 15 is 0 Å². The number of hydrogen-bond donors (Lipinski definition) is 2. The minimum absolute atomic E-state index is 0.118. The van der Waals surface area contributed by atoms with Crippen molar-refractivity contribution >= 4 is 28.5 Å². The van der Waals surface area contributed by atoms with Crippen LogP contribution in [-0.4, -0.2) is 11.8 Å². The average Bonchev–Trinajstić information content (AvgIpc) is 3.16. The van der Waals surface area contributed by atoms with Gasteiger partial charge in [-0.25, -0.2) is 0 Å². The van der Waals surface area contributed by atoms with Crippen molar-refractivity contribution in [1.82, 2.24) is 5.32 Å². The molecule has 1 aliphatic rings. The molecule has 2 atom stereocenters. The van der Waals surface area contributed by atoms with Crippen LogP contribution >= 0.6 is 0 Å². The van der Waals surface area contributed by atoms with Crippen molar-refractivity contribution in [3.8, 4) is 0 Å². The molecule has 0 saturated heterocycles. The number of nitrogens with one attached hydrogen (secondary N) is 2. The number of benzene rings is 2. The molecule has 2 aromatic carbocycles. The maximum Gasteiger partial charge on any atom is 0.232 e.